The molecule has 0 amide bonds. The highest BCUT2D eigenvalue weighted by Gasteiger charge is 2.19. The van der Waals surface area contributed by atoms with Gasteiger partial charge >= 0.3 is 17.9 Å². The van der Waals surface area contributed by atoms with Crippen LogP contribution in [0.15, 0.2) is 122 Å². The largest absolute Gasteiger partial charge is 0.462 e. The Hall–Kier alpha value is -4.19. The van der Waals surface area contributed by atoms with Crippen LogP contribution in [0.2, 0.25) is 0 Å². The maximum Gasteiger partial charge on any atom is 0.306 e. The molecular weight excluding hydrogens is 961 g/mol. The Kier molecular flexibility index (Phi) is 61.8. The predicted molar refractivity (Wildman–Crippen MR) is 339 cm³/mol. The summed E-state index contributed by atoms with van der Waals surface area (Å²) in [5, 5.41) is 0. The monoisotopic (exact) mass is 1080 g/mol. The molecule has 0 rings (SSSR count). The predicted octanol–water partition coefficient (Wildman–Crippen LogP) is 22.4. The van der Waals surface area contributed by atoms with Crippen molar-refractivity contribution < 1.29 is 28.6 Å². The molecule has 0 aromatic heterocycles. The minimum Gasteiger partial charge on any atom is -0.462 e. The van der Waals surface area contributed by atoms with Gasteiger partial charge in [0.1, 0.15) is 13.2 Å². The van der Waals surface area contributed by atoms with Crippen LogP contribution in [-0.2, 0) is 28.6 Å². The molecule has 78 heavy (non-hydrogen) atoms. The summed E-state index contributed by atoms with van der Waals surface area (Å²) in [6, 6.07) is 0. The van der Waals surface area contributed by atoms with Crippen molar-refractivity contribution >= 4 is 17.9 Å². The Morgan fingerprint density at radius 3 is 0.833 bits per heavy atom. The summed E-state index contributed by atoms with van der Waals surface area (Å²) in [6.07, 6.45) is 90.9. The quantitative estimate of drug-likeness (QED) is 0.0261. The summed E-state index contributed by atoms with van der Waals surface area (Å²) in [5.41, 5.74) is 0. The van der Waals surface area contributed by atoms with Gasteiger partial charge in [0, 0.05) is 19.3 Å². The van der Waals surface area contributed by atoms with Crippen LogP contribution in [0.25, 0.3) is 0 Å². The van der Waals surface area contributed by atoms with E-state index in [1.807, 2.05) is 6.08 Å². The number of carbonyl (C=O) groups is 3. The van der Waals surface area contributed by atoms with Crippen LogP contribution >= 0.6 is 0 Å². The third-order valence-electron chi connectivity index (χ3n) is 13.7. The van der Waals surface area contributed by atoms with E-state index in [4.69, 9.17) is 14.2 Å². The molecule has 0 saturated heterocycles. The maximum absolute atomic E-state index is 12.9. The highest BCUT2D eigenvalue weighted by atomic mass is 16.6. The average Bonchev–Trinajstić information content (AvgIpc) is 3.44. The normalized spacial score (nSPS) is 12.9. The molecule has 444 valence electrons. The van der Waals surface area contributed by atoms with Gasteiger partial charge in [-0.25, -0.2) is 0 Å². The van der Waals surface area contributed by atoms with Gasteiger partial charge in [-0.05, 0) is 96.3 Å². The minimum absolute atomic E-state index is 0.107. The molecule has 0 spiro atoms. The molecule has 0 N–H and O–H groups in total. The fourth-order valence-corrected chi connectivity index (χ4v) is 8.93. The molecule has 6 nitrogen and oxygen atoms in total. The van der Waals surface area contributed by atoms with E-state index < -0.39 is 12.1 Å². The van der Waals surface area contributed by atoms with Crippen LogP contribution in [0.4, 0.5) is 0 Å². The lowest BCUT2D eigenvalue weighted by atomic mass is 10.0. The zero-order chi connectivity index (χ0) is 56.4. The van der Waals surface area contributed by atoms with Gasteiger partial charge in [-0.15, -0.1) is 0 Å². The first-order valence-corrected chi connectivity index (χ1v) is 32.5. The average molecular weight is 1080 g/mol. The molecule has 0 aromatic rings. The third kappa shape index (κ3) is 62.7. The summed E-state index contributed by atoms with van der Waals surface area (Å²) in [4.78, 5) is 38.2. The zero-order valence-electron chi connectivity index (χ0n) is 50.9. The van der Waals surface area contributed by atoms with E-state index in [1.54, 1.807) is 0 Å². The number of esters is 3. The lowest BCUT2D eigenvalue weighted by Crippen LogP contribution is -2.30. The van der Waals surface area contributed by atoms with Crippen molar-refractivity contribution in [2.45, 2.75) is 303 Å². The number of ether oxygens (including phenoxy) is 3. The molecular formula is C72H120O6. The highest BCUT2D eigenvalue weighted by molar-refractivity contribution is 5.71. The van der Waals surface area contributed by atoms with E-state index in [-0.39, 0.29) is 31.6 Å². The van der Waals surface area contributed by atoms with Crippen LogP contribution in [0, 0.1) is 0 Å². The fraction of sp³-hybridized carbons (Fsp3) is 0.681. The van der Waals surface area contributed by atoms with Crippen molar-refractivity contribution in [3.8, 4) is 0 Å². The van der Waals surface area contributed by atoms with E-state index in [9.17, 15) is 14.4 Å². The second kappa shape index (κ2) is 65.3. The van der Waals surface area contributed by atoms with Crippen LogP contribution < -0.4 is 0 Å². The molecule has 0 bridgehead atoms. The van der Waals surface area contributed by atoms with Gasteiger partial charge in [-0.2, -0.15) is 0 Å². The molecule has 0 aromatic carbocycles. The molecule has 6 heteroatoms. The molecule has 0 aliphatic carbocycles. The van der Waals surface area contributed by atoms with Gasteiger partial charge in [0.05, 0.1) is 0 Å². The second-order valence-corrected chi connectivity index (χ2v) is 21.3. The molecule has 0 saturated carbocycles. The summed E-state index contributed by atoms with van der Waals surface area (Å²) >= 11 is 0. The lowest BCUT2D eigenvalue weighted by molar-refractivity contribution is -0.166. The zero-order valence-corrected chi connectivity index (χ0v) is 50.9. The molecule has 0 radical (unpaired) electrons. The topological polar surface area (TPSA) is 78.9 Å². The van der Waals surface area contributed by atoms with E-state index in [0.29, 0.717) is 19.3 Å². The van der Waals surface area contributed by atoms with Gasteiger partial charge in [0.2, 0.25) is 0 Å². The SMILES string of the molecule is CC/C=C\C/C=C\C/C=C\C/C=C\C/C=C\C/C=C\CCC(=O)OC(COC(=O)CCCCCCCCCCCCCC)COC(=O)CCCCCCCCCCCCCCCCCC/C=C\C/C=C\C/C=C\C/C=C\CC. The summed E-state index contributed by atoms with van der Waals surface area (Å²) in [6.45, 7) is 6.37. The number of allylic oxidation sites excluding steroid dienone is 20. The minimum atomic E-state index is -0.819. The number of rotatable bonds is 58. The number of hydrogen-bond acceptors (Lipinski definition) is 6. The van der Waals surface area contributed by atoms with Crippen LogP contribution in [0.3, 0.4) is 0 Å². The van der Waals surface area contributed by atoms with Crippen molar-refractivity contribution in [1.29, 1.82) is 0 Å². The van der Waals surface area contributed by atoms with Crippen LogP contribution in [0.5, 0.6) is 0 Å². The molecule has 1 atom stereocenters. The van der Waals surface area contributed by atoms with Crippen LogP contribution in [-0.4, -0.2) is 37.2 Å². The Morgan fingerprint density at radius 1 is 0.269 bits per heavy atom. The molecule has 0 fully saturated rings. The van der Waals surface area contributed by atoms with Crippen molar-refractivity contribution in [2.75, 3.05) is 13.2 Å². The van der Waals surface area contributed by atoms with E-state index in [1.165, 1.54) is 148 Å². The van der Waals surface area contributed by atoms with Gasteiger partial charge < -0.3 is 14.2 Å². The molecule has 0 aliphatic heterocycles. The second-order valence-electron chi connectivity index (χ2n) is 21.3. The number of carbonyl (C=O) groups excluding carboxylic acids is 3. The first-order chi connectivity index (χ1) is 38.5. The van der Waals surface area contributed by atoms with Gasteiger partial charge in [0.25, 0.3) is 0 Å². The summed E-state index contributed by atoms with van der Waals surface area (Å²) < 4.78 is 16.8. The smallest absolute Gasteiger partial charge is 0.306 e. The lowest BCUT2D eigenvalue weighted by Gasteiger charge is -2.18. The number of unbranched alkanes of at least 4 members (excludes halogenated alkanes) is 27. The van der Waals surface area contributed by atoms with Gasteiger partial charge in [0.15, 0.2) is 6.10 Å². The van der Waals surface area contributed by atoms with Gasteiger partial charge in [-0.1, -0.05) is 303 Å². The summed E-state index contributed by atoms with van der Waals surface area (Å²) in [7, 11) is 0. The standard InChI is InChI=1S/C72H120O6/c1-4-7-10-13-16-19-22-25-27-29-31-32-33-34-35-36-37-38-39-40-42-43-45-47-50-53-56-59-62-65-71(74)77-68-69(67-76-70(73)64-61-58-55-52-49-24-21-18-15-12-9-6-3)78-72(75)66-63-60-57-54-51-48-46-44-41-30-28-26-23-20-17-14-11-8-5-2/h7-8,10-11,16-17,19-20,25-28,31-32,41,44,48,51,57,60,69H,4-6,9,12-15,18,21-24,29-30,33-40,42-43,45-47,49-50,52-56,58-59,61-68H2,1-3H3/b10-7-,11-8-,19-16-,20-17-,27-25-,28-26-,32-31-,44-41-,51-48-,60-57-. The van der Waals surface area contributed by atoms with E-state index >= 15 is 0 Å². The Labute approximate surface area is 482 Å². The Bertz CT molecular complexity index is 1620. The number of hydrogen-bond donors (Lipinski definition) is 0. The first-order valence-electron chi connectivity index (χ1n) is 32.5. The molecule has 0 heterocycles. The first kappa shape index (κ1) is 73.8. The highest BCUT2D eigenvalue weighted by Crippen LogP contribution is 2.16. The van der Waals surface area contributed by atoms with Crippen LogP contribution in [0.1, 0.15) is 297 Å². The van der Waals surface area contributed by atoms with Gasteiger partial charge in [-0.3, -0.25) is 14.4 Å². The summed E-state index contributed by atoms with van der Waals surface area (Å²) in [5.74, 6) is -0.984. The van der Waals surface area contributed by atoms with E-state index in [2.05, 4.69) is 136 Å². The van der Waals surface area contributed by atoms with Crippen molar-refractivity contribution in [3.63, 3.8) is 0 Å². The van der Waals surface area contributed by atoms with Crippen molar-refractivity contribution in [1.82, 2.24) is 0 Å². The van der Waals surface area contributed by atoms with E-state index in [0.717, 1.165) is 103 Å². The molecule has 1 unspecified atom stereocenters. The van der Waals surface area contributed by atoms with Crippen molar-refractivity contribution in [3.05, 3.63) is 122 Å². The third-order valence-corrected chi connectivity index (χ3v) is 13.7. The Morgan fingerprint density at radius 2 is 0.526 bits per heavy atom. The maximum atomic E-state index is 12.9. The Balaban J connectivity index is 4.31. The molecule has 0 aliphatic rings. The van der Waals surface area contributed by atoms with Crippen molar-refractivity contribution in [2.24, 2.45) is 0 Å². The fourth-order valence-electron chi connectivity index (χ4n) is 8.93.